The topological polar surface area (TPSA) is 97.0 Å². The highest BCUT2D eigenvalue weighted by Crippen LogP contribution is 2.16. The number of halogens is 1. The first-order chi connectivity index (χ1) is 9.55. The average molecular weight is 361 g/mol. The molecule has 0 bridgehead atoms. The minimum atomic E-state index is -3.69. The number of benzene rings is 1. The molecule has 0 saturated carbocycles. The monoisotopic (exact) mass is 360 g/mol. The standard InChI is InChI=1S/C11H13BrN4O3S/c1-2-19-11-13-10(14-15-11)16-20(17,18)9-5-3-8(7-12)4-6-9/h3-6H,2,7H2,1H3,(H2,13,14,15,16). The summed E-state index contributed by atoms with van der Waals surface area (Å²) in [5.74, 6) is 0.0121. The van der Waals surface area contributed by atoms with Crippen molar-refractivity contribution < 1.29 is 13.2 Å². The lowest BCUT2D eigenvalue weighted by molar-refractivity contribution is 0.314. The van der Waals surface area contributed by atoms with E-state index < -0.39 is 10.0 Å². The lowest BCUT2D eigenvalue weighted by Gasteiger charge is -2.05. The summed E-state index contributed by atoms with van der Waals surface area (Å²) >= 11 is 3.30. The van der Waals surface area contributed by atoms with E-state index in [-0.39, 0.29) is 16.9 Å². The number of aromatic nitrogens is 3. The smallest absolute Gasteiger partial charge is 0.337 e. The van der Waals surface area contributed by atoms with Crippen LogP contribution < -0.4 is 9.46 Å². The number of nitrogens with one attached hydrogen (secondary N) is 2. The van der Waals surface area contributed by atoms with E-state index in [9.17, 15) is 8.42 Å². The molecule has 0 unspecified atom stereocenters. The quantitative estimate of drug-likeness (QED) is 0.766. The lowest BCUT2D eigenvalue weighted by atomic mass is 10.2. The van der Waals surface area contributed by atoms with Gasteiger partial charge in [-0.3, -0.25) is 0 Å². The summed E-state index contributed by atoms with van der Waals surface area (Å²) < 4.78 is 31.6. The van der Waals surface area contributed by atoms with Gasteiger partial charge in [-0.05, 0) is 24.6 Å². The van der Waals surface area contributed by atoms with Crippen LogP contribution in [0.2, 0.25) is 0 Å². The van der Waals surface area contributed by atoms with Crippen LogP contribution in [0.1, 0.15) is 12.5 Å². The van der Waals surface area contributed by atoms with Crippen LogP contribution in [0.4, 0.5) is 5.95 Å². The summed E-state index contributed by atoms with van der Waals surface area (Å²) in [6, 6.07) is 6.61. The Morgan fingerprint density at radius 3 is 2.65 bits per heavy atom. The van der Waals surface area contributed by atoms with Crippen molar-refractivity contribution >= 4 is 31.9 Å². The van der Waals surface area contributed by atoms with Gasteiger partial charge < -0.3 is 4.74 Å². The van der Waals surface area contributed by atoms with Gasteiger partial charge in [-0.2, -0.15) is 4.98 Å². The van der Waals surface area contributed by atoms with Gasteiger partial charge in [0.1, 0.15) is 0 Å². The van der Waals surface area contributed by atoms with Crippen molar-refractivity contribution in [1.82, 2.24) is 15.2 Å². The lowest BCUT2D eigenvalue weighted by Crippen LogP contribution is -2.14. The highest BCUT2D eigenvalue weighted by molar-refractivity contribution is 9.08. The molecule has 20 heavy (non-hydrogen) atoms. The summed E-state index contributed by atoms with van der Waals surface area (Å²) in [5, 5.41) is 6.84. The van der Waals surface area contributed by atoms with E-state index in [0.717, 1.165) is 5.56 Å². The Hall–Kier alpha value is -1.61. The molecule has 0 aliphatic rings. The number of ether oxygens (including phenoxy) is 1. The first kappa shape index (κ1) is 14.8. The summed E-state index contributed by atoms with van der Waals surface area (Å²) in [5.41, 5.74) is 0.988. The van der Waals surface area contributed by atoms with E-state index >= 15 is 0 Å². The third-order valence-electron chi connectivity index (χ3n) is 2.36. The van der Waals surface area contributed by atoms with E-state index in [2.05, 4.69) is 35.8 Å². The van der Waals surface area contributed by atoms with Crippen molar-refractivity contribution in [3.63, 3.8) is 0 Å². The van der Waals surface area contributed by atoms with Gasteiger partial charge in [-0.25, -0.2) is 18.2 Å². The van der Waals surface area contributed by atoms with Gasteiger partial charge in [0.05, 0.1) is 11.5 Å². The maximum atomic E-state index is 12.1. The second-order valence-corrected chi connectivity index (χ2v) is 6.03. The Kier molecular flexibility index (Phi) is 4.61. The molecule has 1 aromatic heterocycles. The van der Waals surface area contributed by atoms with Crippen molar-refractivity contribution in [2.45, 2.75) is 17.1 Å². The van der Waals surface area contributed by atoms with Gasteiger partial charge in [-0.15, -0.1) is 5.10 Å². The van der Waals surface area contributed by atoms with E-state index in [1.54, 1.807) is 19.1 Å². The first-order valence-corrected chi connectivity index (χ1v) is 8.38. The minimum absolute atomic E-state index is 0.0121. The average Bonchev–Trinajstić information content (AvgIpc) is 2.86. The summed E-state index contributed by atoms with van der Waals surface area (Å²) in [6.07, 6.45) is 0. The third-order valence-corrected chi connectivity index (χ3v) is 4.36. The molecule has 0 aliphatic heterocycles. The number of alkyl halides is 1. The van der Waals surface area contributed by atoms with Crippen LogP contribution in [-0.4, -0.2) is 30.2 Å². The second-order valence-electron chi connectivity index (χ2n) is 3.78. The number of hydrogen-bond donors (Lipinski definition) is 2. The van der Waals surface area contributed by atoms with Gasteiger partial charge in [0.25, 0.3) is 10.0 Å². The molecule has 9 heteroatoms. The largest absolute Gasteiger partial charge is 0.463 e. The highest BCUT2D eigenvalue weighted by atomic mass is 79.9. The summed E-state index contributed by atoms with van der Waals surface area (Å²) in [6.45, 7) is 2.18. The molecule has 0 radical (unpaired) electrons. The van der Waals surface area contributed by atoms with E-state index in [0.29, 0.717) is 11.9 Å². The van der Waals surface area contributed by atoms with Crippen molar-refractivity contribution in [2.75, 3.05) is 11.3 Å². The van der Waals surface area contributed by atoms with Gasteiger partial charge in [0, 0.05) is 5.33 Å². The van der Waals surface area contributed by atoms with Crippen molar-refractivity contribution in [2.24, 2.45) is 0 Å². The molecule has 0 spiro atoms. The molecule has 0 aliphatic carbocycles. The Morgan fingerprint density at radius 2 is 2.05 bits per heavy atom. The van der Waals surface area contributed by atoms with E-state index in [1.165, 1.54) is 12.1 Å². The number of aromatic amines is 1. The molecule has 2 rings (SSSR count). The summed E-state index contributed by atoms with van der Waals surface area (Å²) in [7, 11) is -3.69. The van der Waals surface area contributed by atoms with Crippen molar-refractivity contribution in [3.05, 3.63) is 29.8 Å². The van der Waals surface area contributed by atoms with Gasteiger partial charge >= 0.3 is 6.01 Å². The molecule has 7 nitrogen and oxygen atoms in total. The zero-order valence-electron chi connectivity index (χ0n) is 10.6. The van der Waals surface area contributed by atoms with E-state index in [4.69, 9.17) is 4.74 Å². The zero-order valence-corrected chi connectivity index (χ0v) is 13.0. The highest BCUT2D eigenvalue weighted by Gasteiger charge is 2.16. The van der Waals surface area contributed by atoms with Crippen LogP contribution in [0.5, 0.6) is 6.01 Å². The maximum absolute atomic E-state index is 12.1. The number of H-pyrrole nitrogens is 1. The van der Waals surface area contributed by atoms with Gasteiger partial charge in [-0.1, -0.05) is 28.1 Å². The predicted octanol–water partition coefficient (Wildman–Crippen LogP) is 1.90. The fraction of sp³-hybridized carbons (Fsp3) is 0.273. The third kappa shape index (κ3) is 3.48. The zero-order chi connectivity index (χ0) is 14.6. The Balaban J connectivity index is 2.16. The molecular formula is C11H13BrN4O3S. The van der Waals surface area contributed by atoms with Crippen LogP contribution >= 0.6 is 15.9 Å². The van der Waals surface area contributed by atoms with Crippen LogP contribution in [0.15, 0.2) is 29.2 Å². The first-order valence-electron chi connectivity index (χ1n) is 5.78. The molecule has 2 aromatic rings. The normalized spacial score (nSPS) is 11.3. The molecule has 0 amide bonds. The Bertz CT molecular complexity index is 669. The van der Waals surface area contributed by atoms with Crippen molar-refractivity contribution in [1.29, 1.82) is 0 Å². The second kappa shape index (κ2) is 6.23. The molecule has 108 valence electrons. The fourth-order valence-electron chi connectivity index (χ4n) is 1.43. The van der Waals surface area contributed by atoms with Crippen molar-refractivity contribution in [3.8, 4) is 6.01 Å². The Labute approximate surface area is 124 Å². The molecule has 2 N–H and O–H groups in total. The van der Waals surface area contributed by atoms with Crippen LogP contribution in [0, 0.1) is 0 Å². The predicted molar refractivity (Wildman–Crippen MR) is 77.4 cm³/mol. The summed E-state index contributed by atoms with van der Waals surface area (Å²) in [4.78, 5) is 4.01. The maximum Gasteiger partial charge on any atom is 0.337 e. The molecule has 0 saturated heterocycles. The molecule has 0 fully saturated rings. The number of anilines is 1. The van der Waals surface area contributed by atoms with Crippen LogP contribution in [-0.2, 0) is 15.4 Å². The molecular weight excluding hydrogens is 348 g/mol. The van der Waals surface area contributed by atoms with Gasteiger partial charge in [0.2, 0.25) is 5.95 Å². The van der Waals surface area contributed by atoms with Crippen LogP contribution in [0.3, 0.4) is 0 Å². The van der Waals surface area contributed by atoms with Gasteiger partial charge in [0.15, 0.2) is 0 Å². The molecule has 1 heterocycles. The molecule has 1 aromatic carbocycles. The van der Waals surface area contributed by atoms with E-state index in [1.807, 2.05) is 0 Å². The number of rotatable bonds is 6. The Morgan fingerprint density at radius 1 is 1.35 bits per heavy atom. The number of nitrogens with zero attached hydrogens (tertiary/aromatic N) is 2. The number of hydrogen-bond acceptors (Lipinski definition) is 5. The minimum Gasteiger partial charge on any atom is -0.463 e. The SMILES string of the molecule is CCOc1n[nH]c(NS(=O)(=O)c2ccc(CBr)cc2)n1. The number of sulfonamides is 1. The van der Waals surface area contributed by atoms with Crippen LogP contribution in [0.25, 0.3) is 0 Å². The molecule has 0 atom stereocenters. The fourth-order valence-corrected chi connectivity index (χ4v) is 2.76.